The van der Waals surface area contributed by atoms with Crippen LogP contribution in [-0.2, 0) is 6.42 Å². The van der Waals surface area contributed by atoms with E-state index in [0.29, 0.717) is 24.0 Å². The summed E-state index contributed by atoms with van der Waals surface area (Å²) in [4.78, 5) is 23.7. The van der Waals surface area contributed by atoms with Crippen molar-refractivity contribution in [1.82, 2.24) is 20.1 Å². The zero-order valence-corrected chi connectivity index (χ0v) is 26.3. The van der Waals surface area contributed by atoms with E-state index in [1.165, 1.54) is 46.4 Å². The molecule has 8 nitrogen and oxygen atoms in total. The Bertz CT molecular complexity index is 1650. The number of anilines is 1. The summed E-state index contributed by atoms with van der Waals surface area (Å²) in [7, 11) is 0. The molecule has 1 aliphatic heterocycles. The van der Waals surface area contributed by atoms with Crippen molar-refractivity contribution in [3.05, 3.63) is 89.7 Å². The third kappa shape index (κ3) is 8.24. The predicted octanol–water partition coefficient (Wildman–Crippen LogP) is 7.76. The molecule has 1 aromatic heterocycles. The van der Waals surface area contributed by atoms with Crippen molar-refractivity contribution in [2.24, 2.45) is 10.9 Å². The summed E-state index contributed by atoms with van der Waals surface area (Å²) in [5.41, 5.74) is 6.10. The topological polar surface area (TPSA) is 84.6 Å². The van der Waals surface area contributed by atoms with Gasteiger partial charge in [0, 0.05) is 30.1 Å². The first-order valence-electron chi connectivity index (χ1n) is 14.7. The molecule has 1 saturated heterocycles. The maximum absolute atomic E-state index is 12.8. The average Bonchev–Trinajstić information content (AvgIpc) is 3.66. The van der Waals surface area contributed by atoms with Crippen LogP contribution in [0.2, 0.25) is 0 Å². The number of aryl methyl sites for hydroxylation is 1. The SMILES string of the molecule is Cc1cccc(N2CCS/C2=N\C(=O)NCC(C)Cc2ccc(-c3ncn(-c4ccc(OC(F)(F)F)cc4)n3)cc2)c1C(C)C. The van der Waals surface area contributed by atoms with Crippen molar-refractivity contribution >= 4 is 28.6 Å². The third-order valence-corrected chi connectivity index (χ3v) is 8.32. The maximum atomic E-state index is 12.8. The Balaban J connectivity index is 1.14. The molecule has 0 spiro atoms. The number of carbonyl (C=O) groups excluding carboxylic acids is 1. The van der Waals surface area contributed by atoms with Crippen LogP contribution in [-0.4, -0.2) is 51.2 Å². The second kappa shape index (κ2) is 13.8. The minimum Gasteiger partial charge on any atom is -0.406 e. The smallest absolute Gasteiger partial charge is 0.406 e. The molecule has 3 aromatic carbocycles. The van der Waals surface area contributed by atoms with E-state index in [0.717, 1.165) is 40.7 Å². The van der Waals surface area contributed by atoms with Gasteiger partial charge in [0.2, 0.25) is 0 Å². The van der Waals surface area contributed by atoms with E-state index in [1.54, 1.807) is 11.8 Å². The molecule has 1 unspecified atom stereocenters. The van der Waals surface area contributed by atoms with Crippen LogP contribution in [0.5, 0.6) is 5.75 Å². The first kappa shape index (κ1) is 32.1. The highest BCUT2D eigenvalue weighted by atomic mass is 32.2. The Kier molecular flexibility index (Phi) is 9.81. The van der Waals surface area contributed by atoms with Gasteiger partial charge in [-0.1, -0.05) is 68.9 Å². The zero-order valence-electron chi connectivity index (χ0n) is 25.5. The fourth-order valence-corrected chi connectivity index (χ4v) is 6.29. The number of carbonyl (C=O) groups is 1. The number of ether oxygens (including phenoxy) is 1. The number of alkyl halides is 3. The van der Waals surface area contributed by atoms with Crippen LogP contribution in [0.25, 0.3) is 17.1 Å². The molecule has 0 saturated carbocycles. The van der Waals surface area contributed by atoms with Gasteiger partial charge in [0.05, 0.1) is 5.69 Å². The van der Waals surface area contributed by atoms with Gasteiger partial charge in [-0.3, -0.25) is 0 Å². The molecule has 1 aliphatic rings. The van der Waals surface area contributed by atoms with Gasteiger partial charge < -0.3 is 15.0 Å². The predicted molar refractivity (Wildman–Crippen MR) is 172 cm³/mol. The lowest BCUT2D eigenvalue weighted by Crippen LogP contribution is -2.30. The lowest BCUT2D eigenvalue weighted by atomic mass is 9.95. The van der Waals surface area contributed by atoms with Crippen molar-refractivity contribution < 1.29 is 22.7 Å². The molecule has 0 aliphatic carbocycles. The highest BCUT2D eigenvalue weighted by Crippen LogP contribution is 2.34. The number of hydrogen-bond acceptors (Lipinski definition) is 5. The van der Waals surface area contributed by atoms with E-state index in [9.17, 15) is 18.0 Å². The summed E-state index contributed by atoms with van der Waals surface area (Å²) in [6.45, 7) is 9.87. The quantitative estimate of drug-likeness (QED) is 0.202. The molecule has 45 heavy (non-hydrogen) atoms. The lowest BCUT2D eigenvalue weighted by Gasteiger charge is -2.24. The van der Waals surface area contributed by atoms with Gasteiger partial charge in [-0.15, -0.1) is 18.3 Å². The molecular formula is C33H35F3N6O2S. The Hall–Kier alpha value is -4.32. The molecule has 1 N–H and O–H groups in total. The second-order valence-corrected chi connectivity index (χ2v) is 12.4. The summed E-state index contributed by atoms with van der Waals surface area (Å²) >= 11 is 1.60. The number of halogens is 3. The van der Waals surface area contributed by atoms with Gasteiger partial charge in [-0.25, -0.2) is 14.5 Å². The Morgan fingerprint density at radius 1 is 1.07 bits per heavy atom. The standard InChI is InChI=1S/C33H35F3N6O2S/c1-21(2)29-23(4)6-5-7-28(29)41-16-17-45-32(41)39-31(43)37-19-22(3)18-24-8-10-25(11-9-24)30-38-20-42(40-30)26-12-14-27(15-13-26)44-33(34,35)36/h5-15,20-22H,16-19H2,1-4H3,(H,37,43)/b39-32-. The molecule has 1 fully saturated rings. The van der Waals surface area contributed by atoms with E-state index in [1.807, 2.05) is 24.3 Å². The van der Waals surface area contributed by atoms with Crippen LogP contribution in [0.4, 0.5) is 23.7 Å². The number of hydrogen-bond donors (Lipinski definition) is 1. The van der Waals surface area contributed by atoms with Gasteiger partial charge in [-0.05, 0) is 72.2 Å². The largest absolute Gasteiger partial charge is 0.573 e. The number of thioether (sulfide) groups is 1. The molecule has 2 amide bonds. The van der Waals surface area contributed by atoms with Crippen LogP contribution in [0.3, 0.4) is 0 Å². The molecule has 12 heteroatoms. The first-order chi connectivity index (χ1) is 21.5. The van der Waals surface area contributed by atoms with Gasteiger partial charge in [-0.2, -0.15) is 4.99 Å². The average molecular weight is 637 g/mol. The van der Waals surface area contributed by atoms with Crippen LogP contribution in [0.15, 0.2) is 78.0 Å². The number of urea groups is 1. The number of nitrogens with one attached hydrogen (secondary N) is 1. The number of amides is 2. The van der Waals surface area contributed by atoms with E-state index >= 15 is 0 Å². The van der Waals surface area contributed by atoms with Crippen LogP contribution >= 0.6 is 11.8 Å². The second-order valence-electron chi connectivity index (χ2n) is 11.3. The van der Waals surface area contributed by atoms with E-state index in [2.05, 4.69) is 75.9 Å². The van der Waals surface area contributed by atoms with Crippen LogP contribution in [0.1, 0.15) is 43.4 Å². The normalized spacial score (nSPS) is 15.1. The molecule has 0 bridgehead atoms. The van der Waals surface area contributed by atoms with Crippen molar-refractivity contribution in [2.75, 3.05) is 23.7 Å². The molecule has 5 rings (SSSR count). The van der Waals surface area contributed by atoms with Crippen molar-refractivity contribution in [2.45, 2.75) is 46.4 Å². The number of nitrogens with zero attached hydrogens (tertiary/aromatic N) is 5. The summed E-state index contributed by atoms with van der Waals surface area (Å²) in [5.74, 6) is 1.61. The van der Waals surface area contributed by atoms with E-state index in [4.69, 9.17) is 0 Å². The van der Waals surface area contributed by atoms with Gasteiger partial charge in [0.15, 0.2) is 11.0 Å². The Morgan fingerprint density at radius 3 is 2.49 bits per heavy atom. The van der Waals surface area contributed by atoms with Gasteiger partial charge in [0.1, 0.15) is 12.1 Å². The number of amidine groups is 1. The number of aliphatic imine (C=N–C) groups is 1. The molecule has 1 atom stereocenters. The van der Waals surface area contributed by atoms with Crippen LogP contribution in [0, 0.1) is 12.8 Å². The molecular weight excluding hydrogens is 601 g/mol. The first-order valence-corrected chi connectivity index (χ1v) is 15.7. The Labute approximate surface area is 264 Å². The fraction of sp³-hybridized carbons (Fsp3) is 0.333. The minimum atomic E-state index is -4.74. The van der Waals surface area contributed by atoms with Gasteiger partial charge >= 0.3 is 12.4 Å². The highest BCUT2D eigenvalue weighted by Gasteiger charge is 2.31. The number of aromatic nitrogens is 3. The van der Waals surface area contributed by atoms with E-state index < -0.39 is 6.36 Å². The Morgan fingerprint density at radius 2 is 1.80 bits per heavy atom. The summed E-state index contributed by atoms with van der Waals surface area (Å²) in [5, 5.41) is 8.15. The van der Waals surface area contributed by atoms with Crippen molar-refractivity contribution in [1.29, 1.82) is 0 Å². The number of benzene rings is 3. The molecule has 4 aromatic rings. The molecule has 236 valence electrons. The summed E-state index contributed by atoms with van der Waals surface area (Å²) < 4.78 is 42.7. The highest BCUT2D eigenvalue weighted by molar-refractivity contribution is 8.14. The summed E-state index contributed by atoms with van der Waals surface area (Å²) in [6.07, 6.45) is -2.48. The van der Waals surface area contributed by atoms with Crippen molar-refractivity contribution in [3.63, 3.8) is 0 Å². The zero-order chi connectivity index (χ0) is 32.1. The maximum Gasteiger partial charge on any atom is 0.573 e. The molecule has 0 radical (unpaired) electrons. The summed E-state index contributed by atoms with van der Waals surface area (Å²) in [6, 6.07) is 19.2. The third-order valence-electron chi connectivity index (χ3n) is 7.37. The lowest BCUT2D eigenvalue weighted by molar-refractivity contribution is -0.274. The van der Waals surface area contributed by atoms with Gasteiger partial charge in [0.25, 0.3) is 0 Å². The van der Waals surface area contributed by atoms with Crippen molar-refractivity contribution in [3.8, 4) is 22.8 Å². The number of rotatable bonds is 9. The minimum absolute atomic E-state index is 0.179. The van der Waals surface area contributed by atoms with E-state index in [-0.39, 0.29) is 17.7 Å². The van der Waals surface area contributed by atoms with Crippen LogP contribution < -0.4 is 15.0 Å². The monoisotopic (exact) mass is 636 g/mol. The molecule has 2 heterocycles. The fourth-order valence-electron chi connectivity index (χ4n) is 5.34.